The first kappa shape index (κ1) is 20.0. The van der Waals surface area contributed by atoms with Gasteiger partial charge in [0.25, 0.3) is 11.6 Å². The first-order valence-electron chi connectivity index (χ1n) is 7.48. The van der Waals surface area contributed by atoms with Crippen LogP contribution < -0.4 is 10.0 Å². The van der Waals surface area contributed by atoms with E-state index in [1.165, 1.54) is 55.6 Å². The van der Waals surface area contributed by atoms with Crippen molar-refractivity contribution in [3.8, 4) is 0 Å². The van der Waals surface area contributed by atoms with Crippen LogP contribution in [0.4, 0.5) is 11.4 Å². The van der Waals surface area contributed by atoms with E-state index >= 15 is 0 Å². The lowest BCUT2D eigenvalue weighted by molar-refractivity contribution is -0.383. The van der Waals surface area contributed by atoms with Crippen LogP contribution in [-0.4, -0.2) is 38.9 Å². The Morgan fingerprint density at radius 3 is 2.33 bits per heavy atom. The first-order chi connectivity index (χ1) is 12.7. The molecule has 2 N–H and O–H groups in total. The topological polar surface area (TPSA) is 145 Å². The van der Waals surface area contributed by atoms with Gasteiger partial charge in [0.05, 0.1) is 15.4 Å². The predicted molar refractivity (Wildman–Crippen MR) is 94.7 cm³/mol. The maximum absolute atomic E-state index is 11.9. The van der Waals surface area contributed by atoms with Gasteiger partial charge in [-0.15, -0.1) is 0 Å². The Bertz CT molecular complexity index is 972. The van der Waals surface area contributed by atoms with E-state index in [-0.39, 0.29) is 21.8 Å². The van der Waals surface area contributed by atoms with Crippen LogP contribution in [0, 0.1) is 10.1 Å². The summed E-state index contributed by atoms with van der Waals surface area (Å²) in [5, 5.41) is 13.2. The minimum Gasteiger partial charge on any atom is -0.452 e. The molecule has 0 aliphatic rings. The van der Waals surface area contributed by atoms with Gasteiger partial charge in [-0.25, -0.2) is 17.9 Å². The molecule has 2 rings (SSSR count). The van der Waals surface area contributed by atoms with E-state index in [2.05, 4.69) is 10.0 Å². The number of para-hydroxylation sites is 2. The van der Waals surface area contributed by atoms with Crippen molar-refractivity contribution in [3.63, 3.8) is 0 Å². The molecule has 11 heteroatoms. The lowest BCUT2D eigenvalue weighted by atomic mass is 10.2. The zero-order chi connectivity index (χ0) is 20.0. The van der Waals surface area contributed by atoms with E-state index in [0.717, 1.165) is 0 Å². The standard InChI is InChI=1S/C16H15N3O7S/c1-17-27(24,25)12-8-6-11(7-9-12)16(21)26-10-15(20)18-13-4-2-3-5-14(13)19(22)23/h2-9,17H,10H2,1H3,(H,18,20). The molecule has 142 valence electrons. The summed E-state index contributed by atoms with van der Waals surface area (Å²) < 4.78 is 30.2. The van der Waals surface area contributed by atoms with E-state index in [1.54, 1.807) is 0 Å². The smallest absolute Gasteiger partial charge is 0.338 e. The molecule has 0 aliphatic heterocycles. The Hall–Kier alpha value is -3.31. The summed E-state index contributed by atoms with van der Waals surface area (Å²) in [5.74, 6) is -1.60. The fourth-order valence-corrected chi connectivity index (χ4v) is 2.76. The number of nitrogens with one attached hydrogen (secondary N) is 2. The summed E-state index contributed by atoms with van der Waals surface area (Å²) >= 11 is 0. The van der Waals surface area contributed by atoms with Gasteiger partial charge in [0.2, 0.25) is 10.0 Å². The van der Waals surface area contributed by atoms with Crippen LogP contribution in [-0.2, 0) is 19.6 Å². The fourth-order valence-electron chi connectivity index (χ4n) is 2.03. The molecule has 0 heterocycles. The Balaban J connectivity index is 1.97. The minimum absolute atomic E-state index is 0.0230. The van der Waals surface area contributed by atoms with Gasteiger partial charge in [-0.3, -0.25) is 14.9 Å². The lowest BCUT2D eigenvalue weighted by Gasteiger charge is -2.07. The maximum atomic E-state index is 11.9. The van der Waals surface area contributed by atoms with Crippen LogP contribution >= 0.6 is 0 Å². The van der Waals surface area contributed by atoms with Gasteiger partial charge < -0.3 is 10.1 Å². The Morgan fingerprint density at radius 1 is 1.11 bits per heavy atom. The summed E-state index contributed by atoms with van der Waals surface area (Å²) in [6.07, 6.45) is 0. The van der Waals surface area contributed by atoms with Crippen molar-refractivity contribution in [2.24, 2.45) is 0 Å². The number of benzene rings is 2. The number of amides is 1. The number of hydrogen-bond donors (Lipinski definition) is 2. The van der Waals surface area contributed by atoms with E-state index in [1.807, 2.05) is 0 Å². The van der Waals surface area contributed by atoms with Crippen LogP contribution in [0.25, 0.3) is 0 Å². The van der Waals surface area contributed by atoms with Gasteiger partial charge in [-0.1, -0.05) is 12.1 Å². The summed E-state index contributed by atoms with van der Waals surface area (Å²) in [6.45, 7) is -0.665. The average Bonchev–Trinajstić information content (AvgIpc) is 2.66. The lowest BCUT2D eigenvalue weighted by Crippen LogP contribution is -2.21. The molecule has 0 aromatic heterocycles. The molecule has 0 saturated carbocycles. The summed E-state index contributed by atoms with van der Waals surface area (Å²) in [5.41, 5.74) is -0.271. The van der Waals surface area contributed by atoms with Crippen molar-refractivity contribution >= 4 is 33.3 Å². The van der Waals surface area contributed by atoms with Crippen molar-refractivity contribution in [2.45, 2.75) is 4.90 Å². The monoisotopic (exact) mass is 393 g/mol. The second kappa shape index (κ2) is 8.38. The maximum Gasteiger partial charge on any atom is 0.338 e. The van der Waals surface area contributed by atoms with E-state index in [4.69, 9.17) is 4.74 Å². The summed E-state index contributed by atoms with van der Waals surface area (Å²) in [6, 6.07) is 10.5. The number of nitro groups is 1. The van der Waals surface area contributed by atoms with Crippen LogP contribution in [0.2, 0.25) is 0 Å². The van der Waals surface area contributed by atoms with Gasteiger partial charge in [0.15, 0.2) is 6.61 Å². The molecular formula is C16H15N3O7S. The molecule has 0 bridgehead atoms. The van der Waals surface area contributed by atoms with Crippen LogP contribution in [0.15, 0.2) is 53.4 Å². The Kier molecular flexibility index (Phi) is 6.21. The molecule has 2 aromatic rings. The van der Waals surface area contributed by atoms with Crippen molar-refractivity contribution in [1.82, 2.24) is 4.72 Å². The molecule has 27 heavy (non-hydrogen) atoms. The van der Waals surface area contributed by atoms with E-state index in [0.29, 0.717) is 0 Å². The van der Waals surface area contributed by atoms with Crippen LogP contribution in [0.5, 0.6) is 0 Å². The second-order valence-electron chi connectivity index (χ2n) is 5.13. The van der Waals surface area contributed by atoms with Crippen LogP contribution in [0.3, 0.4) is 0 Å². The number of hydrogen-bond acceptors (Lipinski definition) is 7. The molecule has 1 amide bonds. The normalized spacial score (nSPS) is 10.9. The largest absolute Gasteiger partial charge is 0.452 e. The third-order valence-electron chi connectivity index (χ3n) is 3.38. The van der Waals surface area contributed by atoms with E-state index < -0.39 is 33.4 Å². The highest BCUT2D eigenvalue weighted by atomic mass is 32.2. The highest BCUT2D eigenvalue weighted by Crippen LogP contribution is 2.23. The minimum atomic E-state index is -3.63. The number of carbonyl (C=O) groups is 2. The summed E-state index contributed by atoms with van der Waals surface area (Å²) in [4.78, 5) is 34.0. The van der Waals surface area contributed by atoms with Gasteiger partial charge >= 0.3 is 5.97 Å². The van der Waals surface area contributed by atoms with Gasteiger partial charge in [0, 0.05) is 6.07 Å². The van der Waals surface area contributed by atoms with Gasteiger partial charge in [-0.2, -0.15) is 0 Å². The first-order valence-corrected chi connectivity index (χ1v) is 8.97. The van der Waals surface area contributed by atoms with Crippen molar-refractivity contribution in [3.05, 3.63) is 64.2 Å². The SMILES string of the molecule is CNS(=O)(=O)c1ccc(C(=O)OCC(=O)Nc2ccccc2[N+](=O)[O-])cc1. The third kappa shape index (κ3) is 5.09. The zero-order valence-electron chi connectivity index (χ0n) is 14.0. The summed E-state index contributed by atoms with van der Waals surface area (Å²) in [7, 11) is -2.38. The number of nitrogens with zero attached hydrogens (tertiary/aromatic N) is 1. The number of carbonyl (C=O) groups excluding carboxylic acids is 2. The molecule has 0 saturated heterocycles. The zero-order valence-corrected chi connectivity index (χ0v) is 14.9. The van der Waals surface area contributed by atoms with Gasteiger partial charge in [0.1, 0.15) is 5.69 Å². The number of esters is 1. The second-order valence-corrected chi connectivity index (χ2v) is 7.02. The number of rotatable bonds is 7. The Morgan fingerprint density at radius 2 is 1.74 bits per heavy atom. The Labute approximate surface area is 154 Å². The molecule has 0 spiro atoms. The highest BCUT2D eigenvalue weighted by Gasteiger charge is 2.17. The van der Waals surface area contributed by atoms with Gasteiger partial charge in [-0.05, 0) is 37.4 Å². The molecule has 0 unspecified atom stereocenters. The highest BCUT2D eigenvalue weighted by molar-refractivity contribution is 7.89. The molecule has 0 aliphatic carbocycles. The quantitative estimate of drug-likeness (QED) is 0.410. The molecule has 0 atom stereocenters. The third-order valence-corrected chi connectivity index (χ3v) is 4.81. The molecule has 0 radical (unpaired) electrons. The van der Waals surface area contributed by atoms with Crippen molar-refractivity contribution < 1.29 is 27.7 Å². The average molecular weight is 393 g/mol. The van der Waals surface area contributed by atoms with Crippen molar-refractivity contribution in [2.75, 3.05) is 19.0 Å². The van der Waals surface area contributed by atoms with Crippen molar-refractivity contribution in [1.29, 1.82) is 0 Å². The van der Waals surface area contributed by atoms with E-state index in [9.17, 15) is 28.1 Å². The predicted octanol–water partition coefficient (Wildman–Crippen LogP) is 1.30. The molecule has 2 aromatic carbocycles. The number of nitro benzene ring substituents is 1. The molecular weight excluding hydrogens is 378 g/mol. The number of ether oxygens (including phenoxy) is 1. The number of sulfonamides is 1. The number of anilines is 1. The molecule has 10 nitrogen and oxygen atoms in total. The van der Waals surface area contributed by atoms with Crippen LogP contribution in [0.1, 0.15) is 10.4 Å². The molecule has 0 fully saturated rings. The fraction of sp³-hybridized carbons (Fsp3) is 0.125.